The second-order valence-corrected chi connectivity index (χ2v) is 5.66. The summed E-state index contributed by atoms with van der Waals surface area (Å²) in [6, 6.07) is 1.50. The minimum Gasteiger partial charge on any atom is -0.381 e. The lowest BCUT2D eigenvalue weighted by molar-refractivity contribution is 0.0747. The van der Waals surface area contributed by atoms with Gasteiger partial charge in [-0.15, -0.1) is 0 Å². The predicted octanol–water partition coefficient (Wildman–Crippen LogP) is 2.33. The van der Waals surface area contributed by atoms with Crippen molar-refractivity contribution >= 4 is 0 Å². The zero-order valence-electron chi connectivity index (χ0n) is 9.51. The number of ether oxygens (including phenoxy) is 1. The van der Waals surface area contributed by atoms with Gasteiger partial charge < -0.3 is 10.1 Å². The summed E-state index contributed by atoms with van der Waals surface area (Å²) in [6.07, 6.45) is 6.51. The summed E-state index contributed by atoms with van der Waals surface area (Å²) in [5.74, 6) is 0. The van der Waals surface area contributed by atoms with E-state index in [-0.39, 0.29) is 0 Å². The van der Waals surface area contributed by atoms with Gasteiger partial charge in [-0.3, -0.25) is 0 Å². The van der Waals surface area contributed by atoms with Crippen LogP contribution >= 0.6 is 0 Å². The molecule has 0 aromatic carbocycles. The summed E-state index contributed by atoms with van der Waals surface area (Å²) >= 11 is 0. The van der Waals surface area contributed by atoms with Crippen LogP contribution in [0.15, 0.2) is 0 Å². The summed E-state index contributed by atoms with van der Waals surface area (Å²) in [5, 5.41) is 3.79. The quantitative estimate of drug-likeness (QED) is 0.733. The fourth-order valence-corrected chi connectivity index (χ4v) is 2.78. The maximum atomic E-state index is 5.37. The Bertz CT molecular complexity index is 185. The highest BCUT2D eigenvalue weighted by molar-refractivity contribution is 4.88. The third-order valence-corrected chi connectivity index (χ3v) is 3.66. The smallest absolute Gasteiger partial charge is 0.0480 e. The molecule has 0 radical (unpaired) electrons. The van der Waals surface area contributed by atoms with Gasteiger partial charge in [-0.1, -0.05) is 13.8 Å². The fraction of sp³-hybridized carbons (Fsp3) is 1.00. The molecule has 0 spiro atoms. The Hall–Kier alpha value is -0.0800. The van der Waals surface area contributed by atoms with Crippen molar-refractivity contribution in [2.24, 2.45) is 5.41 Å². The number of nitrogens with one attached hydrogen (secondary N) is 1. The van der Waals surface area contributed by atoms with Crippen LogP contribution < -0.4 is 5.32 Å². The van der Waals surface area contributed by atoms with Crippen LogP contribution in [0.2, 0.25) is 0 Å². The van der Waals surface area contributed by atoms with Crippen molar-refractivity contribution < 1.29 is 4.74 Å². The first-order chi connectivity index (χ1) is 6.66. The van der Waals surface area contributed by atoms with Crippen molar-refractivity contribution in [1.82, 2.24) is 5.32 Å². The molecule has 2 heteroatoms. The zero-order valence-corrected chi connectivity index (χ0v) is 9.51. The van der Waals surface area contributed by atoms with E-state index in [9.17, 15) is 0 Å². The average Bonchev–Trinajstić information content (AvgIpc) is 2.47. The van der Waals surface area contributed by atoms with Crippen molar-refractivity contribution in [3.8, 4) is 0 Å². The normalized spacial score (nSPS) is 33.4. The van der Waals surface area contributed by atoms with E-state index in [1.54, 1.807) is 0 Å². The molecule has 2 fully saturated rings. The maximum absolute atomic E-state index is 5.37. The molecule has 0 bridgehead atoms. The molecular weight excluding hydrogens is 174 g/mol. The van der Waals surface area contributed by atoms with Crippen LogP contribution in [0.1, 0.15) is 46.0 Å². The highest BCUT2D eigenvalue weighted by atomic mass is 16.5. The summed E-state index contributed by atoms with van der Waals surface area (Å²) in [6.45, 7) is 6.68. The molecule has 1 saturated heterocycles. The van der Waals surface area contributed by atoms with Crippen molar-refractivity contribution in [1.29, 1.82) is 0 Å². The van der Waals surface area contributed by atoms with E-state index in [4.69, 9.17) is 4.74 Å². The number of hydrogen-bond acceptors (Lipinski definition) is 2. The molecule has 0 amide bonds. The van der Waals surface area contributed by atoms with Gasteiger partial charge in [0.2, 0.25) is 0 Å². The molecule has 14 heavy (non-hydrogen) atoms. The topological polar surface area (TPSA) is 21.3 Å². The average molecular weight is 197 g/mol. The monoisotopic (exact) mass is 197 g/mol. The van der Waals surface area contributed by atoms with E-state index in [1.165, 1.54) is 32.1 Å². The van der Waals surface area contributed by atoms with Crippen molar-refractivity contribution in [2.75, 3.05) is 13.2 Å². The highest BCUT2D eigenvalue weighted by Crippen LogP contribution is 2.37. The van der Waals surface area contributed by atoms with E-state index >= 15 is 0 Å². The summed E-state index contributed by atoms with van der Waals surface area (Å²) in [7, 11) is 0. The lowest BCUT2D eigenvalue weighted by Gasteiger charge is -2.27. The minimum absolute atomic E-state index is 0.572. The standard InChI is InChI=1S/C12H23NO/c1-12(2)6-3-11(9-12)13-10-4-7-14-8-5-10/h10-11,13H,3-9H2,1-2H3. The van der Waals surface area contributed by atoms with Gasteiger partial charge in [-0.2, -0.15) is 0 Å². The van der Waals surface area contributed by atoms with Gasteiger partial charge in [0.15, 0.2) is 0 Å². The molecule has 1 saturated carbocycles. The van der Waals surface area contributed by atoms with Crippen LogP contribution in [0.3, 0.4) is 0 Å². The first-order valence-electron chi connectivity index (χ1n) is 5.99. The largest absolute Gasteiger partial charge is 0.381 e. The molecule has 2 nitrogen and oxygen atoms in total. The van der Waals surface area contributed by atoms with Gasteiger partial charge in [0.25, 0.3) is 0 Å². The lowest BCUT2D eigenvalue weighted by Crippen LogP contribution is -2.40. The highest BCUT2D eigenvalue weighted by Gasteiger charge is 2.32. The molecule has 1 atom stereocenters. The molecule has 2 aliphatic rings. The van der Waals surface area contributed by atoms with Gasteiger partial charge in [0, 0.05) is 25.3 Å². The van der Waals surface area contributed by atoms with Gasteiger partial charge in [0.05, 0.1) is 0 Å². The molecule has 1 heterocycles. The molecule has 82 valence electrons. The SMILES string of the molecule is CC1(C)CCC(NC2CCOCC2)C1. The predicted molar refractivity (Wildman–Crippen MR) is 58.4 cm³/mol. The molecule has 1 aliphatic carbocycles. The lowest BCUT2D eigenvalue weighted by atomic mass is 9.91. The zero-order chi connectivity index (χ0) is 10.0. The Morgan fingerprint density at radius 2 is 1.79 bits per heavy atom. The Morgan fingerprint density at radius 3 is 2.36 bits per heavy atom. The maximum Gasteiger partial charge on any atom is 0.0480 e. The van der Waals surface area contributed by atoms with Crippen LogP contribution in [0.4, 0.5) is 0 Å². The molecule has 1 N–H and O–H groups in total. The van der Waals surface area contributed by atoms with Gasteiger partial charge in [-0.05, 0) is 37.5 Å². The summed E-state index contributed by atoms with van der Waals surface area (Å²) in [4.78, 5) is 0. The number of hydrogen-bond donors (Lipinski definition) is 1. The minimum atomic E-state index is 0.572. The molecule has 0 aromatic rings. The molecule has 0 aromatic heterocycles. The van der Waals surface area contributed by atoms with Crippen molar-refractivity contribution in [3.05, 3.63) is 0 Å². The van der Waals surface area contributed by atoms with E-state index in [0.717, 1.165) is 25.3 Å². The second-order valence-electron chi connectivity index (χ2n) is 5.66. The van der Waals surface area contributed by atoms with Gasteiger partial charge in [-0.25, -0.2) is 0 Å². The Kier molecular flexibility index (Phi) is 3.13. The van der Waals surface area contributed by atoms with Crippen LogP contribution in [0.5, 0.6) is 0 Å². The number of rotatable bonds is 2. The molecular formula is C12H23NO. The molecule has 1 unspecified atom stereocenters. The van der Waals surface area contributed by atoms with Crippen molar-refractivity contribution in [2.45, 2.75) is 58.0 Å². The molecule has 1 aliphatic heterocycles. The van der Waals surface area contributed by atoms with Crippen LogP contribution in [-0.4, -0.2) is 25.3 Å². The first-order valence-corrected chi connectivity index (χ1v) is 5.99. The Balaban J connectivity index is 1.75. The van der Waals surface area contributed by atoms with E-state index < -0.39 is 0 Å². The third-order valence-electron chi connectivity index (χ3n) is 3.66. The molecule has 2 rings (SSSR count). The van der Waals surface area contributed by atoms with Gasteiger partial charge >= 0.3 is 0 Å². The third kappa shape index (κ3) is 2.71. The van der Waals surface area contributed by atoms with Gasteiger partial charge in [0.1, 0.15) is 0 Å². The van der Waals surface area contributed by atoms with Crippen LogP contribution in [-0.2, 0) is 4.74 Å². The Morgan fingerprint density at radius 1 is 1.07 bits per heavy atom. The van der Waals surface area contributed by atoms with E-state index in [0.29, 0.717) is 5.41 Å². The first kappa shape index (κ1) is 10.4. The van der Waals surface area contributed by atoms with Crippen LogP contribution in [0, 0.1) is 5.41 Å². The van der Waals surface area contributed by atoms with E-state index in [1.807, 2.05) is 0 Å². The summed E-state index contributed by atoms with van der Waals surface area (Å²) in [5.41, 5.74) is 0.572. The van der Waals surface area contributed by atoms with E-state index in [2.05, 4.69) is 19.2 Å². The second kappa shape index (κ2) is 4.19. The fourth-order valence-electron chi connectivity index (χ4n) is 2.78. The Labute approximate surface area is 87.4 Å². The van der Waals surface area contributed by atoms with Crippen LogP contribution in [0.25, 0.3) is 0 Å². The van der Waals surface area contributed by atoms with Crippen molar-refractivity contribution in [3.63, 3.8) is 0 Å². The summed E-state index contributed by atoms with van der Waals surface area (Å²) < 4.78 is 5.37.